The van der Waals surface area contributed by atoms with Gasteiger partial charge in [-0.2, -0.15) is 0 Å². The van der Waals surface area contributed by atoms with Crippen LogP contribution in [-0.2, 0) is 21.4 Å². The summed E-state index contributed by atoms with van der Waals surface area (Å²) in [5.74, 6) is 0.164. The Kier molecular flexibility index (Phi) is 5.95. The summed E-state index contributed by atoms with van der Waals surface area (Å²) >= 11 is 1.75. The second-order valence-corrected chi connectivity index (χ2v) is 10.6. The summed E-state index contributed by atoms with van der Waals surface area (Å²) in [5.41, 5.74) is 0.525. The molecule has 2 aliphatic rings. The average Bonchev–Trinajstić information content (AvgIpc) is 3.32. The van der Waals surface area contributed by atoms with Crippen LogP contribution >= 0.6 is 11.3 Å². The first-order valence-electron chi connectivity index (χ1n) is 10.1. The molecule has 0 bridgehead atoms. The normalized spacial score (nSPS) is 20.9. The number of nitrogens with zero attached hydrogens (tertiary/aromatic N) is 3. The van der Waals surface area contributed by atoms with Crippen molar-refractivity contribution in [2.45, 2.75) is 31.3 Å². The Labute approximate surface area is 181 Å². The van der Waals surface area contributed by atoms with Crippen LogP contribution < -0.4 is 4.72 Å². The van der Waals surface area contributed by atoms with Gasteiger partial charge in [0.1, 0.15) is 11.9 Å². The lowest BCUT2D eigenvalue weighted by atomic mass is 10.0. The summed E-state index contributed by atoms with van der Waals surface area (Å²) in [4.78, 5) is 23.6. The van der Waals surface area contributed by atoms with Crippen LogP contribution in [0.4, 0.5) is 0 Å². The molecule has 2 aliphatic heterocycles. The van der Waals surface area contributed by atoms with Crippen LogP contribution in [-0.4, -0.2) is 62.2 Å². The van der Waals surface area contributed by atoms with E-state index in [0.29, 0.717) is 18.7 Å². The largest absolute Gasteiger partial charge is 0.338 e. The lowest BCUT2D eigenvalue weighted by molar-refractivity contribution is -0.135. The quantitative estimate of drug-likeness (QED) is 0.763. The molecule has 2 aromatic rings. The minimum atomic E-state index is -3.62. The molecule has 9 heteroatoms. The van der Waals surface area contributed by atoms with Crippen molar-refractivity contribution in [3.8, 4) is 0 Å². The molecule has 1 saturated heterocycles. The molecule has 0 unspecified atom stereocenters. The number of thiophene rings is 1. The van der Waals surface area contributed by atoms with E-state index < -0.39 is 16.1 Å². The standard InChI is InChI=1S/C21H26N4O3S2/c1-15(2)19(22-20-17-7-3-4-8-18(17)30(27,28)23-20)21(26)25-11-9-24(10-12-25)14-16-6-5-13-29-16/h3-8,13,15,19H,9-12,14H2,1-2H3,(H,22,23)/t19-/m0/s1. The molecule has 1 fully saturated rings. The van der Waals surface area contributed by atoms with Gasteiger partial charge < -0.3 is 4.90 Å². The number of amides is 1. The average molecular weight is 447 g/mol. The van der Waals surface area contributed by atoms with Gasteiger partial charge in [-0.3, -0.25) is 19.4 Å². The number of carbonyl (C=O) groups excluding carboxylic acids is 1. The van der Waals surface area contributed by atoms with Crippen molar-refractivity contribution in [1.29, 1.82) is 0 Å². The summed E-state index contributed by atoms with van der Waals surface area (Å²) in [6, 6.07) is 10.3. The zero-order valence-corrected chi connectivity index (χ0v) is 18.7. The molecule has 0 radical (unpaired) electrons. The third kappa shape index (κ3) is 4.28. The molecular weight excluding hydrogens is 420 g/mol. The molecule has 1 atom stereocenters. The van der Waals surface area contributed by atoms with E-state index in [2.05, 4.69) is 32.1 Å². The van der Waals surface area contributed by atoms with Crippen molar-refractivity contribution in [3.63, 3.8) is 0 Å². The topological polar surface area (TPSA) is 82.1 Å². The molecule has 1 aromatic heterocycles. The van der Waals surface area contributed by atoms with Gasteiger partial charge in [0, 0.05) is 43.2 Å². The van der Waals surface area contributed by atoms with E-state index >= 15 is 0 Å². The first-order chi connectivity index (χ1) is 14.3. The Morgan fingerprint density at radius 2 is 1.87 bits per heavy atom. The summed E-state index contributed by atoms with van der Waals surface area (Å²) in [6.07, 6.45) is 0. The fraction of sp³-hybridized carbons (Fsp3) is 0.429. The van der Waals surface area contributed by atoms with Crippen molar-refractivity contribution in [2.75, 3.05) is 26.2 Å². The molecule has 160 valence electrons. The Balaban J connectivity index is 1.48. The summed E-state index contributed by atoms with van der Waals surface area (Å²) in [6.45, 7) is 7.74. The molecule has 1 amide bonds. The number of fused-ring (bicyclic) bond motifs is 1. The highest BCUT2D eigenvalue weighted by atomic mass is 32.2. The zero-order chi connectivity index (χ0) is 21.3. The number of piperazine rings is 1. The van der Waals surface area contributed by atoms with E-state index in [-0.39, 0.29) is 22.6 Å². The molecule has 4 rings (SSSR count). The number of hydrogen-bond donors (Lipinski definition) is 1. The molecule has 0 saturated carbocycles. The van der Waals surface area contributed by atoms with E-state index in [1.54, 1.807) is 35.6 Å². The van der Waals surface area contributed by atoms with Crippen molar-refractivity contribution in [2.24, 2.45) is 10.9 Å². The van der Waals surface area contributed by atoms with E-state index in [9.17, 15) is 13.2 Å². The lowest BCUT2D eigenvalue weighted by Gasteiger charge is -2.36. The Hall–Kier alpha value is -2.23. The van der Waals surface area contributed by atoms with Gasteiger partial charge in [-0.05, 0) is 29.5 Å². The van der Waals surface area contributed by atoms with Crippen molar-refractivity contribution in [1.82, 2.24) is 14.5 Å². The smallest absolute Gasteiger partial charge is 0.263 e. The molecule has 1 N–H and O–H groups in total. The highest BCUT2D eigenvalue weighted by Crippen LogP contribution is 2.24. The minimum Gasteiger partial charge on any atom is -0.338 e. The van der Waals surface area contributed by atoms with Crippen molar-refractivity contribution >= 4 is 33.1 Å². The first-order valence-corrected chi connectivity index (χ1v) is 12.4. The highest BCUT2D eigenvalue weighted by molar-refractivity contribution is 7.90. The Bertz CT molecular complexity index is 1040. The van der Waals surface area contributed by atoms with Crippen LogP contribution in [0.15, 0.2) is 51.7 Å². The van der Waals surface area contributed by atoms with Crippen LogP contribution in [0, 0.1) is 5.92 Å². The number of amidine groups is 1. The molecule has 7 nitrogen and oxygen atoms in total. The number of benzene rings is 1. The van der Waals surface area contributed by atoms with E-state index in [1.807, 2.05) is 18.7 Å². The van der Waals surface area contributed by atoms with Gasteiger partial charge >= 0.3 is 0 Å². The van der Waals surface area contributed by atoms with Crippen molar-refractivity contribution < 1.29 is 13.2 Å². The van der Waals surface area contributed by atoms with Crippen LogP contribution in [0.2, 0.25) is 0 Å². The van der Waals surface area contributed by atoms with Crippen LogP contribution in [0.3, 0.4) is 0 Å². The van der Waals surface area contributed by atoms with Gasteiger partial charge in [-0.1, -0.05) is 32.0 Å². The molecule has 0 aliphatic carbocycles. The fourth-order valence-electron chi connectivity index (χ4n) is 3.79. The predicted molar refractivity (Wildman–Crippen MR) is 118 cm³/mol. The third-order valence-electron chi connectivity index (χ3n) is 5.46. The van der Waals surface area contributed by atoms with Gasteiger partial charge in [0.15, 0.2) is 0 Å². The van der Waals surface area contributed by atoms with Gasteiger partial charge in [-0.15, -0.1) is 11.3 Å². The Morgan fingerprint density at radius 1 is 1.13 bits per heavy atom. The highest BCUT2D eigenvalue weighted by Gasteiger charge is 2.34. The minimum absolute atomic E-state index is 0.0446. The second kappa shape index (κ2) is 8.49. The zero-order valence-electron chi connectivity index (χ0n) is 17.1. The van der Waals surface area contributed by atoms with Gasteiger partial charge in [0.05, 0.1) is 4.90 Å². The number of carbonyl (C=O) groups is 1. The van der Waals surface area contributed by atoms with E-state index in [1.165, 1.54) is 4.88 Å². The third-order valence-corrected chi connectivity index (χ3v) is 7.72. The lowest BCUT2D eigenvalue weighted by Crippen LogP contribution is -2.51. The monoisotopic (exact) mass is 446 g/mol. The van der Waals surface area contributed by atoms with Gasteiger partial charge in [0.2, 0.25) is 5.91 Å². The van der Waals surface area contributed by atoms with Crippen LogP contribution in [0.1, 0.15) is 24.3 Å². The predicted octanol–water partition coefficient (Wildman–Crippen LogP) is 2.16. The number of rotatable bonds is 5. The van der Waals surface area contributed by atoms with Crippen LogP contribution in [0.25, 0.3) is 0 Å². The molecule has 0 spiro atoms. The maximum Gasteiger partial charge on any atom is 0.263 e. The van der Waals surface area contributed by atoms with Crippen LogP contribution in [0.5, 0.6) is 0 Å². The van der Waals surface area contributed by atoms with Gasteiger partial charge in [-0.25, -0.2) is 8.42 Å². The molecular formula is C21H26N4O3S2. The maximum atomic E-state index is 13.2. The molecule has 1 aromatic carbocycles. The number of sulfonamides is 1. The summed E-state index contributed by atoms with van der Waals surface area (Å²) in [5, 5.41) is 2.08. The SMILES string of the molecule is CC(C)[C@H](N=C1NS(=O)(=O)c2ccccc21)C(=O)N1CCN(Cc2cccs2)CC1. The Morgan fingerprint density at radius 3 is 2.53 bits per heavy atom. The number of aliphatic imine (C=N–C) groups is 1. The van der Waals surface area contributed by atoms with E-state index in [0.717, 1.165) is 19.6 Å². The molecule has 30 heavy (non-hydrogen) atoms. The fourth-order valence-corrected chi connectivity index (χ4v) is 5.78. The van der Waals surface area contributed by atoms with Gasteiger partial charge in [0.25, 0.3) is 10.0 Å². The molecule has 3 heterocycles. The second-order valence-electron chi connectivity index (χ2n) is 7.95. The van der Waals surface area contributed by atoms with Crippen molar-refractivity contribution in [3.05, 3.63) is 52.2 Å². The first kappa shape index (κ1) is 21.0. The summed E-state index contributed by atoms with van der Waals surface area (Å²) < 4.78 is 27.2. The number of nitrogens with one attached hydrogen (secondary N) is 1. The number of hydrogen-bond acceptors (Lipinski definition) is 6. The van der Waals surface area contributed by atoms with E-state index in [4.69, 9.17) is 0 Å². The maximum absolute atomic E-state index is 13.2. The summed E-state index contributed by atoms with van der Waals surface area (Å²) in [7, 11) is -3.62.